The molecule has 1 saturated heterocycles. The number of hydrogen-bond donors (Lipinski definition) is 0. The Bertz CT molecular complexity index is 955. The van der Waals surface area contributed by atoms with Crippen molar-refractivity contribution >= 4 is 21.6 Å². The second-order valence-corrected chi connectivity index (χ2v) is 7.77. The van der Waals surface area contributed by atoms with Gasteiger partial charge in [0.1, 0.15) is 10.6 Å². The van der Waals surface area contributed by atoms with E-state index in [4.69, 9.17) is 0 Å². The lowest BCUT2D eigenvalue weighted by atomic mass is 9.96. The maximum atomic E-state index is 13.2. The van der Waals surface area contributed by atoms with Gasteiger partial charge in [-0.25, -0.2) is 9.37 Å². The van der Waals surface area contributed by atoms with E-state index >= 15 is 0 Å². The predicted octanol–water partition coefficient (Wildman–Crippen LogP) is 4.00. The molecule has 4 rings (SSSR count). The van der Waals surface area contributed by atoms with Crippen LogP contribution in [0.3, 0.4) is 0 Å². The van der Waals surface area contributed by atoms with E-state index in [-0.39, 0.29) is 11.4 Å². The van der Waals surface area contributed by atoms with Gasteiger partial charge in [-0.15, -0.1) is 11.3 Å². The zero-order valence-corrected chi connectivity index (χ0v) is 15.6. The Morgan fingerprint density at radius 3 is 2.65 bits per heavy atom. The average Bonchev–Trinajstić information content (AvgIpc) is 3.10. The van der Waals surface area contributed by atoms with Crippen molar-refractivity contribution in [3.8, 4) is 11.1 Å². The summed E-state index contributed by atoms with van der Waals surface area (Å²) in [7, 11) is 0. The van der Waals surface area contributed by atoms with Gasteiger partial charge in [-0.3, -0.25) is 9.36 Å². The number of rotatable bonds is 4. The minimum Gasteiger partial charge on any atom is -0.304 e. The summed E-state index contributed by atoms with van der Waals surface area (Å²) in [5, 5.41) is 2.59. The number of likely N-dealkylation sites (tertiary alicyclic amines) is 1. The van der Waals surface area contributed by atoms with Gasteiger partial charge < -0.3 is 4.90 Å². The van der Waals surface area contributed by atoms with Gasteiger partial charge in [-0.05, 0) is 56.1 Å². The monoisotopic (exact) mass is 371 g/mol. The topological polar surface area (TPSA) is 38.1 Å². The predicted molar refractivity (Wildman–Crippen MR) is 104 cm³/mol. The van der Waals surface area contributed by atoms with Crippen molar-refractivity contribution in [1.82, 2.24) is 14.5 Å². The lowest BCUT2D eigenvalue weighted by Gasteiger charge is -2.31. The molecule has 0 saturated carbocycles. The molecule has 0 spiro atoms. The number of aromatic nitrogens is 2. The second-order valence-electron chi connectivity index (χ2n) is 6.92. The van der Waals surface area contributed by atoms with E-state index < -0.39 is 0 Å². The van der Waals surface area contributed by atoms with E-state index in [1.165, 1.54) is 23.5 Å². The number of hydrogen-bond acceptors (Lipinski definition) is 4. The molecule has 0 amide bonds. The molecule has 0 N–H and O–H groups in total. The molecule has 3 aromatic rings. The zero-order valence-electron chi connectivity index (χ0n) is 14.8. The Labute approximate surface area is 155 Å². The normalized spacial score (nSPS) is 16.4. The van der Waals surface area contributed by atoms with E-state index in [0.717, 1.165) is 55.0 Å². The van der Waals surface area contributed by atoms with Crippen LogP contribution in [0.2, 0.25) is 0 Å². The van der Waals surface area contributed by atoms with Crippen LogP contribution in [0.1, 0.15) is 19.8 Å². The number of nitrogens with zero attached hydrogens (tertiary/aromatic N) is 3. The van der Waals surface area contributed by atoms with Crippen LogP contribution < -0.4 is 5.56 Å². The Balaban J connectivity index is 1.65. The first kappa shape index (κ1) is 17.4. The van der Waals surface area contributed by atoms with Crippen molar-refractivity contribution in [3.63, 3.8) is 0 Å². The van der Waals surface area contributed by atoms with Crippen molar-refractivity contribution in [3.05, 3.63) is 52.1 Å². The zero-order chi connectivity index (χ0) is 18.1. The smallest absolute Gasteiger partial charge is 0.262 e. The Hall–Kier alpha value is -2.05. The third kappa shape index (κ3) is 3.31. The molecule has 1 aliphatic rings. The highest BCUT2D eigenvalue weighted by Gasteiger charge is 2.20. The third-order valence-corrected chi connectivity index (χ3v) is 6.21. The standard InChI is InChI=1S/C20H22FN3OS/c1-2-23-9-7-14(8-10-23)11-24-13-22-19-18(20(24)25)17(12-26-19)15-3-5-16(21)6-4-15/h3-6,12-14H,2,7-11H2,1H3. The molecule has 6 heteroatoms. The van der Waals surface area contributed by atoms with E-state index in [0.29, 0.717) is 11.3 Å². The van der Waals surface area contributed by atoms with Crippen molar-refractivity contribution in [2.24, 2.45) is 5.92 Å². The number of halogens is 1. The fourth-order valence-electron chi connectivity index (χ4n) is 3.70. The molecule has 0 atom stereocenters. The van der Waals surface area contributed by atoms with E-state index in [1.54, 1.807) is 23.0 Å². The first-order valence-corrected chi connectivity index (χ1v) is 9.98. The molecule has 0 bridgehead atoms. The minimum absolute atomic E-state index is 0.00787. The summed E-state index contributed by atoms with van der Waals surface area (Å²) in [4.78, 5) is 20.8. The summed E-state index contributed by atoms with van der Waals surface area (Å²) in [6.07, 6.45) is 3.92. The highest BCUT2D eigenvalue weighted by atomic mass is 32.1. The van der Waals surface area contributed by atoms with Crippen LogP contribution in [-0.2, 0) is 6.54 Å². The summed E-state index contributed by atoms with van der Waals surface area (Å²) >= 11 is 1.46. The number of thiophene rings is 1. The molecular formula is C20H22FN3OS. The van der Waals surface area contributed by atoms with Gasteiger partial charge in [0.15, 0.2) is 0 Å². The highest BCUT2D eigenvalue weighted by molar-refractivity contribution is 7.17. The molecular weight excluding hydrogens is 349 g/mol. The third-order valence-electron chi connectivity index (χ3n) is 5.33. The van der Waals surface area contributed by atoms with Crippen molar-refractivity contribution in [2.75, 3.05) is 19.6 Å². The summed E-state index contributed by atoms with van der Waals surface area (Å²) in [6.45, 7) is 6.21. The van der Waals surface area contributed by atoms with Crippen LogP contribution >= 0.6 is 11.3 Å². The van der Waals surface area contributed by atoms with Crippen LogP contribution in [0.25, 0.3) is 21.3 Å². The molecule has 0 aliphatic carbocycles. The van der Waals surface area contributed by atoms with E-state index in [9.17, 15) is 9.18 Å². The fraction of sp³-hybridized carbons (Fsp3) is 0.400. The van der Waals surface area contributed by atoms with Crippen molar-refractivity contribution in [1.29, 1.82) is 0 Å². The quantitative estimate of drug-likeness (QED) is 0.696. The Morgan fingerprint density at radius 1 is 1.23 bits per heavy atom. The van der Waals surface area contributed by atoms with Crippen molar-refractivity contribution in [2.45, 2.75) is 26.3 Å². The first-order valence-electron chi connectivity index (χ1n) is 9.10. The highest BCUT2D eigenvalue weighted by Crippen LogP contribution is 2.30. The van der Waals surface area contributed by atoms with Gasteiger partial charge in [0.05, 0.1) is 11.7 Å². The molecule has 0 unspecified atom stereocenters. The van der Waals surface area contributed by atoms with Crippen LogP contribution in [0.5, 0.6) is 0 Å². The number of piperidine rings is 1. The molecule has 26 heavy (non-hydrogen) atoms. The van der Waals surface area contributed by atoms with Gasteiger partial charge in [0.2, 0.25) is 0 Å². The molecule has 1 aliphatic heterocycles. The molecule has 2 aromatic heterocycles. The van der Waals surface area contributed by atoms with Crippen LogP contribution in [0.15, 0.2) is 40.8 Å². The first-order chi connectivity index (χ1) is 12.7. The maximum absolute atomic E-state index is 13.2. The Morgan fingerprint density at radius 2 is 1.96 bits per heavy atom. The Kier molecular flexibility index (Phi) is 4.87. The summed E-state index contributed by atoms with van der Waals surface area (Å²) < 4.78 is 15.0. The fourth-order valence-corrected chi connectivity index (χ4v) is 4.61. The van der Waals surface area contributed by atoms with Gasteiger partial charge in [-0.2, -0.15) is 0 Å². The van der Waals surface area contributed by atoms with Gasteiger partial charge in [-0.1, -0.05) is 19.1 Å². The number of fused-ring (bicyclic) bond motifs is 1. The molecule has 1 aromatic carbocycles. The van der Waals surface area contributed by atoms with Gasteiger partial charge in [0.25, 0.3) is 5.56 Å². The largest absolute Gasteiger partial charge is 0.304 e. The lowest BCUT2D eigenvalue weighted by molar-refractivity contribution is 0.180. The van der Waals surface area contributed by atoms with Crippen LogP contribution in [-0.4, -0.2) is 34.1 Å². The van der Waals surface area contributed by atoms with E-state index in [2.05, 4.69) is 16.8 Å². The average molecular weight is 371 g/mol. The van der Waals surface area contributed by atoms with Crippen LogP contribution in [0, 0.1) is 11.7 Å². The minimum atomic E-state index is -0.276. The second kappa shape index (κ2) is 7.29. The summed E-state index contributed by atoms with van der Waals surface area (Å²) in [5.74, 6) is 0.241. The molecule has 136 valence electrons. The molecule has 3 heterocycles. The van der Waals surface area contributed by atoms with Gasteiger partial charge in [0, 0.05) is 17.5 Å². The molecule has 4 nitrogen and oxygen atoms in total. The van der Waals surface area contributed by atoms with Crippen molar-refractivity contribution < 1.29 is 4.39 Å². The summed E-state index contributed by atoms with van der Waals surface area (Å²) in [5.41, 5.74) is 1.71. The SMILES string of the molecule is CCN1CCC(Cn2cnc3scc(-c4ccc(F)cc4)c3c2=O)CC1. The van der Waals surface area contributed by atoms with Gasteiger partial charge >= 0.3 is 0 Å². The molecule has 0 radical (unpaired) electrons. The summed E-state index contributed by atoms with van der Waals surface area (Å²) in [6, 6.07) is 6.28. The molecule has 1 fully saturated rings. The van der Waals surface area contributed by atoms with E-state index in [1.807, 2.05) is 5.38 Å². The maximum Gasteiger partial charge on any atom is 0.262 e. The lowest BCUT2D eigenvalue weighted by Crippen LogP contribution is -2.36. The van der Waals surface area contributed by atoms with Crippen LogP contribution in [0.4, 0.5) is 4.39 Å². The number of benzene rings is 1.